The molecule has 0 aliphatic heterocycles. The van der Waals surface area contributed by atoms with Crippen molar-refractivity contribution in [1.29, 1.82) is 0 Å². The third-order valence-electron chi connectivity index (χ3n) is 5.12. The summed E-state index contributed by atoms with van der Waals surface area (Å²) >= 11 is 0. The molecule has 0 unspecified atom stereocenters. The summed E-state index contributed by atoms with van der Waals surface area (Å²) in [5.74, 6) is 1.91. The molecule has 1 atom stereocenters. The maximum Gasteiger partial charge on any atom is 0.273 e. The highest BCUT2D eigenvalue weighted by Crippen LogP contribution is 2.27. The van der Waals surface area contributed by atoms with Gasteiger partial charge in [-0.25, -0.2) is 4.98 Å². The van der Waals surface area contributed by atoms with Crippen LogP contribution in [-0.2, 0) is 13.1 Å². The van der Waals surface area contributed by atoms with Crippen molar-refractivity contribution in [3.8, 4) is 11.5 Å². The molecule has 3 rings (SSSR count). The lowest BCUT2D eigenvalue weighted by Crippen LogP contribution is -2.32. The van der Waals surface area contributed by atoms with Crippen LogP contribution in [-0.4, -0.2) is 42.1 Å². The maximum absolute atomic E-state index is 12.1. The van der Waals surface area contributed by atoms with E-state index in [1.54, 1.807) is 14.2 Å². The maximum atomic E-state index is 12.1. The number of hydrogen-bond acceptors (Lipinski definition) is 6. The van der Waals surface area contributed by atoms with Crippen LogP contribution in [0.2, 0.25) is 0 Å². The largest absolute Gasteiger partial charge is 0.497 e. The first-order chi connectivity index (χ1) is 13.5. The van der Waals surface area contributed by atoms with E-state index < -0.39 is 0 Å². The molecule has 7 nitrogen and oxygen atoms in total. The zero-order valence-corrected chi connectivity index (χ0v) is 17.0. The van der Waals surface area contributed by atoms with Crippen LogP contribution in [0.3, 0.4) is 0 Å². The quantitative estimate of drug-likeness (QED) is 0.673. The fourth-order valence-electron chi connectivity index (χ4n) is 2.98. The van der Waals surface area contributed by atoms with Crippen LogP contribution in [0.1, 0.15) is 55.1 Å². The zero-order valence-electron chi connectivity index (χ0n) is 17.0. The third kappa shape index (κ3) is 5.04. The molecule has 0 bridgehead atoms. The molecular formula is C21H29N3O4. The molecule has 0 radical (unpaired) electrons. The fraction of sp³-hybridized carbons (Fsp3) is 0.524. The number of hydrogen-bond donors (Lipinski definition) is 1. The van der Waals surface area contributed by atoms with Crippen LogP contribution in [0.5, 0.6) is 11.5 Å². The molecule has 1 N–H and O–H groups in total. The molecule has 2 aromatic rings. The van der Waals surface area contributed by atoms with Gasteiger partial charge in [-0.3, -0.25) is 9.69 Å². The Morgan fingerprint density at radius 2 is 2.11 bits per heavy atom. The average Bonchev–Trinajstić information content (AvgIpc) is 3.40. The first-order valence-corrected chi connectivity index (χ1v) is 9.74. The van der Waals surface area contributed by atoms with Gasteiger partial charge in [0.05, 0.1) is 20.8 Å². The highest BCUT2D eigenvalue weighted by molar-refractivity contribution is 5.92. The van der Waals surface area contributed by atoms with Gasteiger partial charge in [0.2, 0.25) is 5.89 Å². The number of oxazole rings is 1. The number of nitrogens with zero attached hydrogens (tertiary/aromatic N) is 2. The van der Waals surface area contributed by atoms with Crippen LogP contribution < -0.4 is 14.8 Å². The van der Waals surface area contributed by atoms with Gasteiger partial charge in [-0.2, -0.15) is 0 Å². The Balaban J connectivity index is 1.72. The van der Waals surface area contributed by atoms with Crippen molar-refractivity contribution >= 4 is 5.91 Å². The zero-order chi connectivity index (χ0) is 20.1. The smallest absolute Gasteiger partial charge is 0.273 e. The monoisotopic (exact) mass is 387 g/mol. The van der Waals surface area contributed by atoms with E-state index in [1.165, 1.54) is 6.26 Å². The van der Waals surface area contributed by atoms with Crippen molar-refractivity contribution in [3.05, 3.63) is 41.6 Å². The number of aromatic nitrogens is 1. The number of methoxy groups -OCH3 is 2. The van der Waals surface area contributed by atoms with Crippen molar-refractivity contribution in [2.75, 3.05) is 14.2 Å². The molecule has 1 aliphatic carbocycles. The van der Waals surface area contributed by atoms with Crippen LogP contribution in [0.4, 0.5) is 0 Å². The molecule has 1 aliphatic rings. The van der Waals surface area contributed by atoms with Crippen molar-refractivity contribution < 1.29 is 18.7 Å². The molecule has 28 heavy (non-hydrogen) atoms. The van der Waals surface area contributed by atoms with Crippen molar-refractivity contribution in [2.45, 2.75) is 58.3 Å². The van der Waals surface area contributed by atoms with Gasteiger partial charge in [-0.1, -0.05) is 13.0 Å². The van der Waals surface area contributed by atoms with Gasteiger partial charge in [0.1, 0.15) is 17.8 Å². The van der Waals surface area contributed by atoms with Gasteiger partial charge < -0.3 is 19.2 Å². The molecular weight excluding hydrogens is 358 g/mol. The molecule has 1 aromatic carbocycles. The molecule has 1 fully saturated rings. The molecule has 1 saturated carbocycles. The Kier molecular flexibility index (Phi) is 6.57. The Labute approximate surface area is 166 Å². The third-order valence-corrected chi connectivity index (χ3v) is 5.12. The topological polar surface area (TPSA) is 76.8 Å². The summed E-state index contributed by atoms with van der Waals surface area (Å²) in [6.45, 7) is 5.50. The number of benzene rings is 1. The van der Waals surface area contributed by atoms with Gasteiger partial charge in [-0.15, -0.1) is 0 Å². The van der Waals surface area contributed by atoms with E-state index in [1.807, 2.05) is 18.2 Å². The van der Waals surface area contributed by atoms with Gasteiger partial charge in [0.25, 0.3) is 5.91 Å². The summed E-state index contributed by atoms with van der Waals surface area (Å²) in [5, 5.41) is 2.93. The van der Waals surface area contributed by atoms with Gasteiger partial charge in [-0.05, 0) is 32.3 Å². The predicted molar refractivity (Wildman–Crippen MR) is 106 cm³/mol. The van der Waals surface area contributed by atoms with E-state index in [0.717, 1.165) is 36.3 Å². The Hall–Kier alpha value is -2.54. The minimum Gasteiger partial charge on any atom is -0.497 e. The second-order valence-corrected chi connectivity index (χ2v) is 7.21. The van der Waals surface area contributed by atoms with Crippen molar-refractivity contribution in [3.63, 3.8) is 0 Å². The minimum absolute atomic E-state index is 0.163. The van der Waals surface area contributed by atoms with Crippen LogP contribution in [0.15, 0.2) is 28.9 Å². The van der Waals surface area contributed by atoms with Crippen molar-refractivity contribution in [1.82, 2.24) is 15.2 Å². The van der Waals surface area contributed by atoms with Gasteiger partial charge in [0, 0.05) is 30.3 Å². The summed E-state index contributed by atoms with van der Waals surface area (Å²) in [5.41, 5.74) is 1.40. The van der Waals surface area contributed by atoms with E-state index in [0.29, 0.717) is 36.8 Å². The number of carbonyl (C=O) groups excluding carboxylic acids is 1. The summed E-state index contributed by atoms with van der Waals surface area (Å²) < 4.78 is 16.4. The van der Waals surface area contributed by atoms with E-state index in [-0.39, 0.29) is 5.91 Å². The summed E-state index contributed by atoms with van der Waals surface area (Å²) in [6, 6.07) is 6.43. The number of amides is 1. The number of ether oxygens (including phenoxy) is 2. The molecule has 1 heterocycles. The minimum atomic E-state index is -0.163. The normalized spacial score (nSPS) is 14.8. The van der Waals surface area contributed by atoms with E-state index >= 15 is 0 Å². The second kappa shape index (κ2) is 9.10. The fourth-order valence-corrected chi connectivity index (χ4v) is 2.98. The SMILES string of the molecule is CC[C@H](C)N(Cc1nc(C(=O)NC2CC2)co1)Cc1ccc(OC)cc1OC. The van der Waals surface area contributed by atoms with E-state index in [2.05, 4.69) is 29.0 Å². The standard InChI is InChI=1S/C21H29N3O4/c1-5-14(2)24(11-15-6-9-17(26-3)10-19(15)27-4)12-20-23-18(13-28-20)21(25)22-16-7-8-16/h6,9-10,13-14,16H,5,7-8,11-12H2,1-4H3,(H,22,25)/t14-/m0/s1. The molecule has 0 spiro atoms. The molecule has 1 aromatic heterocycles. The van der Waals surface area contributed by atoms with Crippen LogP contribution in [0, 0.1) is 0 Å². The number of carbonyl (C=O) groups is 1. The molecule has 152 valence electrons. The Bertz CT molecular complexity index is 801. The summed E-state index contributed by atoms with van der Waals surface area (Å²) in [4.78, 5) is 18.8. The predicted octanol–water partition coefficient (Wildman–Crippen LogP) is 3.38. The Morgan fingerprint density at radius 3 is 2.75 bits per heavy atom. The van der Waals surface area contributed by atoms with Gasteiger partial charge >= 0.3 is 0 Å². The number of nitrogens with one attached hydrogen (secondary N) is 1. The lowest BCUT2D eigenvalue weighted by atomic mass is 10.1. The average molecular weight is 387 g/mol. The second-order valence-electron chi connectivity index (χ2n) is 7.21. The van der Waals surface area contributed by atoms with E-state index in [4.69, 9.17) is 13.9 Å². The lowest BCUT2D eigenvalue weighted by Gasteiger charge is -2.27. The number of rotatable bonds is 10. The Morgan fingerprint density at radius 1 is 1.32 bits per heavy atom. The van der Waals surface area contributed by atoms with Crippen LogP contribution in [0.25, 0.3) is 0 Å². The summed E-state index contributed by atoms with van der Waals surface area (Å²) in [6.07, 6.45) is 4.51. The van der Waals surface area contributed by atoms with E-state index in [9.17, 15) is 4.79 Å². The van der Waals surface area contributed by atoms with Gasteiger partial charge in [0.15, 0.2) is 5.69 Å². The lowest BCUT2D eigenvalue weighted by molar-refractivity contribution is 0.0946. The summed E-state index contributed by atoms with van der Waals surface area (Å²) in [7, 11) is 3.30. The van der Waals surface area contributed by atoms with Crippen molar-refractivity contribution in [2.24, 2.45) is 0 Å². The molecule has 7 heteroatoms. The highest BCUT2D eigenvalue weighted by atomic mass is 16.5. The first kappa shape index (κ1) is 20.2. The molecule has 0 saturated heterocycles. The first-order valence-electron chi connectivity index (χ1n) is 9.74. The van der Waals surface area contributed by atoms with Crippen LogP contribution >= 0.6 is 0 Å². The molecule has 1 amide bonds. The highest BCUT2D eigenvalue weighted by Gasteiger charge is 2.26.